The maximum atomic E-state index is 13.6. The van der Waals surface area contributed by atoms with E-state index < -0.39 is 5.82 Å². The van der Waals surface area contributed by atoms with Crippen molar-refractivity contribution in [2.24, 2.45) is 0 Å². The summed E-state index contributed by atoms with van der Waals surface area (Å²) in [5.74, 6) is -0.774. The molecule has 0 radical (unpaired) electrons. The zero-order valence-electron chi connectivity index (χ0n) is 11.7. The fraction of sp³-hybridized carbons (Fsp3) is 0.188. The second-order valence-electron chi connectivity index (χ2n) is 4.57. The topological polar surface area (TPSA) is 38.3 Å². The molecule has 110 valence electrons. The molecule has 0 saturated heterocycles. The average molecular weight is 352 g/mol. The summed E-state index contributed by atoms with van der Waals surface area (Å²) in [6, 6.07) is 11.6. The predicted molar refractivity (Wildman–Crippen MR) is 83.0 cm³/mol. The monoisotopic (exact) mass is 351 g/mol. The Labute approximate surface area is 131 Å². The third kappa shape index (κ3) is 3.61. The van der Waals surface area contributed by atoms with Crippen LogP contribution in [0.3, 0.4) is 0 Å². The summed E-state index contributed by atoms with van der Waals surface area (Å²) in [5.41, 5.74) is 1.21. The third-order valence-corrected chi connectivity index (χ3v) is 3.86. The molecule has 0 bridgehead atoms. The van der Waals surface area contributed by atoms with Gasteiger partial charge in [-0.05, 0) is 36.8 Å². The predicted octanol–water partition coefficient (Wildman–Crippen LogP) is 4.09. The number of ether oxygens (including phenoxy) is 1. The molecule has 3 nitrogen and oxygen atoms in total. The molecule has 5 heteroatoms. The van der Waals surface area contributed by atoms with Gasteiger partial charge < -0.3 is 10.1 Å². The molecule has 0 aromatic heterocycles. The highest BCUT2D eigenvalue weighted by atomic mass is 79.9. The number of carbonyl (C=O) groups excluding carboxylic acids is 1. The van der Waals surface area contributed by atoms with Crippen molar-refractivity contribution in [3.05, 3.63) is 63.9 Å². The third-order valence-electron chi connectivity index (χ3n) is 3.13. The highest BCUT2D eigenvalue weighted by Gasteiger charge is 2.15. The number of carbonyl (C=O) groups is 1. The standard InChI is InChI=1S/C16H15BrFNO2/c1-10(12-5-3-4-6-13(12)17)19-16(20)11-7-8-15(21-2)14(18)9-11/h3-10H,1-2H3,(H,19,20)/t10-/m1/s1. The Morgan fingerprint density at radius 1 is 1.29 bits per heavy atom. The van der Waals surface area contributed by atoms with E-state index in [1.54, 1.807) is 0 Å². The maximum absolute atomic E-state index is 13.6. The quantitative estimate of drug-likeness (QED) is 0.900. The van der Waals surface area contributed by atoms with E-state index in [0.29, 0.717) is 0 Å². The fourth-order valence-electron chi connectivity index (χ4n) is 1.99. The average Bonchev–Trinajstić information content (AvgIpc) is 2.47. The molecule has 0 aliphatic heterocycles. The molecule has 1 N–H and O–H groups in total. The van der Waals surface area contributed by atoms with Crippen LogP contribution in [0.4, 0.5) is 4.39 Å². The zero-order chi connectivity index (χ0) is 15.4. The van der Waals surface area contributed by atoms with Gasteiger partial charge in [-0.25, -0.2) is 4.39 Å². The van der Waals surface area contributed by atoms with Crippen LogP contribution in [0.15, 0.2) is 46.9 Å². The molecule has 1 atom stereocenters. The second-order valence-corrected chi connectivity index (χ2v) is 5.42. The molecule has 2 aromatic carbocycles. The molecule has 2 aromatic rings. The van der Waals surface area contributed by atoms with Gasteiger partial charge in [0.25, 0.3) is 5.91 Å². The minimum Gasteiger partial charge on any atom is -0.494 e. The lowest BCUT2D eigenvalue weighted by molar-refractivity contribution is 0.0939. The SMILES string of the molecule is COc1ccc(C(=O)N[C@H](C)c2ccccc2Br)cc1F. The van der Waals surface area contributed by atoms with Gasteiger partial charge in [0.05, 0.1) is 13.2 Å². The number of hydrogen-bond donors (Lipinski definition) is 1. The Kier molecular flexibility index (Phi) is 4.96. The Morgan fingerprint density at radius 2 is 2.00 bits per heavy atom. The number of hydrogen-bond acceptors (Lipinski definition) is 2. The number of benzene rings is 2. The summed E-state index contributed by atoms with van der Waals surface area (Å²) >= 11 is 3.45. The lowest BCUT2D eigenvalue weighted by atomic mass is 10.1. The van der Waals surface area contributed by atoms with Crippen molar-refractivity contribution >= 4 is 21.8 Å². The minimum absolute atomic E-state index is 0.116. The van der Waals surface area contributed by atoms with Gasteiger partial charge in [-0.2, -0.15) is 0 Å². The molecular weight excluding hydrogens is 337 g/mol. The molecule has 0 spiro atoms. The van der Waals surface area contributed by atoms with Crippen LogP contribution in [0.1, 0.15) is 28.9 Å². The number of methoxy groups -OCH3 is 1. The molecule has 0 aliphatic rings. The van der Waals surface area contributed by atoms with Crippen molar-refractivity contribution in [1.82, 2.24) is 5.32 Å². The van der Waals surface area contributed by atoms with E-state index in [1.165, 1.54) is 25.3 Å². The van der Waals surface area contributed by atoms with E-state index in [2.05, 4.69) is 21.2 Å². The van der Waals surface area contributed by atoms with E-state index >= 15 is 0 Å². The number of halogens is 2. The molecule has 21 heavy (non-hydrogen) atoms. The summed E-state index contributed by atoms with van der Waals surface area (Å²) in [6.45, 7) is 1.87. The molecule has 2 rings (SSSR count). The van der Waals surface area contributed by atoms with Crippen molar-refractivity contribution in [2.45, 2.75) is 13.0 Å². The van der Waals surface area contributed by atoms with Gasteiger partial charge >= 0.3 is 0 Å². The van der Waals surface area contributed by atoms with Gasteiger partial charge in [-0.3, -0.25) is 4.79 Å². The van der Waals surface area contributed by atoms with Crippen molar-refractivity contribution in [2.75, 3.05) is 7.11 Å². The van der Waals surface area contributed by atoms with Gasteiger partial charge in [0, 0.05) is 10.0 Å². The van der Waals surface area contributed by atoms with E-state index in [0.717, 1.165) is 10.0 Å². The van der Waals surface area contributed by atoms with Gasteiger partial charge in [-0.1, -0.05) is 34.1 Å². The highest BCUT2D eigenvalue weighted by Crippen LogP contribution is 2.23. The summed E-state index contributed by atoms with van der Waals surface area (Å²) in [5, 5.41) is 2.84. The van der Waals surface area contributed by atoms with Gasteiger partial charge in [0.1, 0.15) is 0 Å². The summed E-state index contributed by atoms with van der Waals surface area (Å²) in [6.07, 6.45) is 0. The Balaban J connectivity index is 2.14. The first kappa shape index (κ1) is 15.5. The van der Waals surface area contributed by atoms with Crippen molar-refractivity contribution < 1.29 is 13.9 Å². The molecule has 1 amide bonds. The normalized spacial score (nSPS) is 11.8. The molecule has 0 heterocycles. The van der Waals surface area contributed by atoms with Crippen LogP contribution in [-0.2, 0) is 0 Å². The minimum atomic E-state index is -0.557. The Morgan fingerprint density at radius 3 is 2.62 bits per heavy atom. The first-order valence-corrected chi connectivity index (χ1v) is 7.21. The van der Waals surface area contributed by atoms with Crippen LogP contribution in [0.5, 0.6) is 5.75 Å². The molecule has 0 fully saturated rings. The van der Waals surface area contributed by atoms with E-state index in [9.17, 15) is 9.18 Å². The first-order valence-electron chi connectivity index (χ1n) is 6.41. The fourth-order valence-corrected chi connectivity index (χ4v) is 2.62. The molecule has 0 saturated carbocycles. The number of amides is 1. The van der Waals surface area contributed by atoms with Crippen molar-refractivity contribution in [3.63, 3.8) is 0 Å². The van der Waals surface area contributed by atoms with Crippen molar-refractivity contribution in [1.29, 1.82) is 0 Å². The van der Waals surface area contributed by atoms with Gasteiger partial charge in [-0.15, -0.1) is 0 Å². The maximum Gasteiger partial charge on any atom is 0.251 e. The number of nitrogens with one attached hydrogen (secondary N) is 1. The van der Waals surface area contributed by atoms with Crippen LogP contribution in [0, 0.1) is 5.82 Å². The van der Waals surface area contributed by atoms with Crippen LogP contribution >= 0.6 is 15.9 Å². The Bertz CT molecular complexity index is 660. The zero-order valence-corrected chi connectivity index (χ0v) is 13.3. The second kappa shape index (κ2) is 6.72. The van der Waals surface area contributed by atoms with Crippen molar-refractivity contribution in [3.8, 4) is 5.75 Å². The van der Waals surface area contributed by atoms with Gasteiger partial charge in [0.15, 0.2) is 11.6 Å². The van der Waals surface area contributed by atoms with Crippen LogP contribution < -0.4 is 10.1 Å². The van der Waals surface area contributed by atoms with E-state index in [4.69, 9.17) is 4.74 Å². The Hall–Kier alpha value is -1.88. The summed E-state index contributed by atoms with van der Waals surface area (Å²) in [4.78, 5) is 12.2. The highest BCUT2D eigenvalue weighted by molar-refractivity contribution is 9.10. The van der Waals surface area contributed by atoms with Crippen LogP contribution in [0.2, 0.25) is 0 Å². The molecule has 0 aliphatic carbocycles. The van der Waals surface area contributed by atoms with E-state index in [1.807, 2.05) is 31.2 Å². The molecule has 0 unspecified atom stereocenters. The molecular formula is C16H15BrFNO2. The smallest absolute Gasteiger partial charge is 0.251 e. The lowest BCUT2D eigenvalue weighted by Crippen LogP contribution is -2.26. The summed E-state index contributed by atoms with van der Waals surface area (Å²) < 4.78 is 19.4. The van der Waals surface area contributed by atoms with Crippen LogP contribution in [0.25, 0.3) is 0 Å². The first-order chi connectivity index (χ1) is 10.0. The number of rotatable bonds is 4. The van der Waals surface area contributed by atoms with Gasteiger partial charge in [0.2, 0.25) is 0 Å². The van der Waals surface area contributed by atoms with E-state index in [-0.39, 0.29) is 23.3 Å². The summed E-state index contributed by atoms with van der Waals surface area (Å²) in [7, 11) is 1.38. The largest absolute Gasteiger partial charge is 0.494 e. The van der Waals surface area contributed by atoms with Crippen LogP contribution in [-0.4, -0.2) is 13.0 Å². The lowest BCUT2D eigenvalue weighted by Gasteiger charge is -2.16.